The van der Waals surface area contributed by atoms with Crippen LogP contribution in [0.2, 0.25) is 0 Å². The highest BCUT2D eigenvalue weighted by atomic mass is 32.2. The Hall–Kier alpha value is -0.870. The van der Waals surface area contributed by atoms with E-state index in [0.29, 0.717) is 11.5 Å². The summed E-state index contributed by atoms with van der Waals surface area (Å²) in [6.07, 6.45) is 7.00. The Kier molecular flexibility index (Phi) is 8.62. The first-order chi connectivity index (χ1) is 10.0. The number of thioether (sulfide) groups is 1. The molecule has 1 aromatic rings. The molecule has 0 saturated heterocycles. The van der Waals surface area contributed by atoms with E-state index in [2.05, 4.69) is 11.8 Å². The third-order valence-corrected chi connectivity index (χ3v) is 4.62. The summed E-state index contributed by atoms with van der Waals surface area (Å²) in [7, 11) is 4.00. The maximum atomic E-state index is 10.1. The molecule has 0 saturated carbocycles. The van der Waals surface area contributed by atoms with Crippen molar-refractivity contribution in [2.75, 3.05) is 26.4 Å². The number of hydrogen-bond donors (Lipinski definition) is 2. The van der Waals surface area contributed by atoms with Crippen molar-refractivity contribution in [1.82, 2.24) is 4.90 Å². The van der Waals surface area contributed by atoms with Gasteiger partial charge in [-0.3, -0.25) is 0 Å². The van der Waals surface area contributed by atoms with E-state index in [1.807, 2.05) is 14.1 Å². The molecule has 0 unspecified atom stereocenters. The van der Waals surface area contributed by atoms with E-state index in [4.69, 9.17) is 0 Å². The van der Waals surface area contributed by atoms with Gasteiger partial charge in [0.1, 0.15) is 11.5 Å². The molecule has 0 spiro atoms. The highest BCUT2D eigenvalue weighted by Gasteiger charge is 2.09. The SMILES string of the molecule is CCCCCCCSc1cc(O)c(CCN(C)C)cc1O. The van der Waals surface area contributed by atoms with Crippen molar-refractivity contribution in [2.45, 2.75) is 50.3 Å². The first-order valence-electron chi connectivity index (χ1n) is 7.87. The van der Waals surface area contributed by atoms with Crippen molar-refractivity contribution < 1.29 is 10.2 Å². The summed E-state index contributed by atoms with van der Waals surface area (Å²) in [4.78, 5) is 2.85. The Bertz CT molecular complexity index is 421. The van der Waals surface area contributed by atoms with Crippen LogP contribution in [0.25, 0.3) is 0 Å². The summed E-state index contributed by atoms with van der Waals surface area (Å²) in [5, 5.41) is 20.1. The Morgan fingerprint density at radius 3 is 2.38 bits per heavy atom. The van der Waals surface area contributed by atoms with Gasteiger partial charge in [-0.15, -0.1) is 11.8 Å². The average Bonchev–Trinajstić information content (AvgIpc) is 2.44. The van der Waals surface area contributed by atoms with Crippen molar-refractivity contribution in [3.8, 4) is 11.5 Å². The van der Waals surface area contributed by atoms with Crippen LogP contribution < -0.4 is 0 Å². The van der Waals surface area contributed by atoms with Gasteiger partial charge in [-0.25, -0.2) is 0 Å². The fraction of sp³-hybridized carbons (Fsp3) is 0.647. The molecule has 1 aromatic carbocycles. The second kappa shape index (κ2) is 9.96. The number of phenolic OH excluding ortho intramolecular Hbond substituents is 2. The summed E-state index contributed by atoms with van der Waals surface area (Å²) in [5.74, 6) is 1.58. The maximum absolute atomic E-state index is 10.1. The van der Waals surface area contributed by atoms with Crippen LogP contribution in [0.5, 0.6) is 11.5 Å². The second-order valence-electron chi connectivity index (χ2n) is 5.76. The van der Waals surface area contributed by atoms with Crippen molar-refractivity contribution in [3.63, 3.8) is 0 Å². The quantitative estimate of drug-likeness (QED) is 0.385. The fourth-order valence-electron chi connectivity index (χ4n) is 2.15. The lowest BCUT2D eigenvalue weighted by atomic mass is 10.1. The largest absolute Gasteiger partial charge is 0.508 e. The number of hydrogen-bond acceptors (Lipinski definition) is 4. The lowest BCUT2D eigenvalue weighted by Gasteiger charge is -2.12. The van der Waals surface area contributed by atoms with Crippen LogP contribution in [0, 0.1) is 0 Å². The summed E-state index contributed by atoms with van der Waals surface area (Å²) in [5.41, 5.74) is 0.813. The standard InChI is InChI=1S/C17H29NO2S/c1-4-5-6-7-8-11-21-17-13-15(19)14(12-16(17)20)9-10-18(2)3/h12-13,19-20H,4-11H2,1-3H3. The third-order valence-electron chi connectivity index (χ3n) is 3.49. The number of rotatable bonds is 10. The zero-order valence-corrected chi connectivity index (χ0v) is 14.4. The van der Waals surface area contributed by atoms with Gasteiger partial charge < -0.3 is 15.1 Å². The normalized spacial score (nSPS) is 11.2. The van der Waals surface area contributed by atoms with Gasteiger partial charge in [0, 0.05) is 6.54 Å². The molecule has 0 fully saturated rings. The van der Waals surface area contributed by atoms with Gasteiger partial charge in [0.15, 0.2) is 0 Å². The second-order valence-corrected chi connectivity index (χ2v) is 6.90. The predicted molar refractivity (Wildman–Crippen MR) is 91.5 cm³/mol. The first-order valence-corrected chi connectivity index (χ1v) is 8.85. The number of phenols is 2. The minimum atomic E-state index is 0.292. The zero-order valence-electron chi connectivity index (χ0n) is 13.6. The van der Waals surface area contributed by atoms with Crippen LogP contribution in [0.15, 0.2) is 17.0 Å². The van der Waals surface area contributed by atoms with Gasteiger partial charge in [-0.2, -0.15) is 0 Å². The van der Waals surface area contributed by atoms with Crippen molar-refractivity contribution in [2.24, 2.45) is 0 Å². The van der Waals surface area contributed by atoms with Gasteiger partial charge in [0.05, 0.1) is 4.90 Å². The summed E-state index contributed by atoms with van der Waals surface area (Å²) >= 11 is 1.63. The molecule has 120 valence electrons. The summed E-state index contributed by atoms with van der Waals surface area (Å²) in [6, 6.07) is 3.41. The lowest BCUT2D eigenvalue weighted by Crippen LogP contribution is -2.15. The topological polar surface area (TPSA) is 43.7 Å². The van der Waals surface area contributed by atoms with E-state index < -0.39 is 0 Å². The molecule has 4 heteroatoms. The van der Waals surface area contributed by atoms with E-state index in [1.165, 1.54) is 25.7 Å². The molecule has 0 aliphatic carbocycles. The molecule has 0 amide bonds. The molecule has 0 aromatic heterocycles. The maximum Gasteiger partial charge on any atom is 0.129 e. The van der Waals surface area contributed by atoms with E-state index in [-0.39, 0.29) is 0 Å². The van der Waals surface area contributed by atoms with E-state index in [9.17, 15) is 10.2 Å². The number of likely N-dealkylation sites (N-methyl/N-ethyl adjacent to an activating group) is 1. The number of aromatic hydroxyl groups is 2. The van der Waals surface area contributed by atoms with Crippen LogP contribution in [-0.4, -0.2) is 41.5 Å². The monoisotopic (exact) mass is 311 g/mol. The highest BCUT2D eigenvalue weighted by molar-refractivity contribution is 7.99. The fourth-order valence-corrected chi connectivity index (χ4v) is 3.12. The van der Waals surface area contributed by atoms with Crippen LogP contribution in [0.4, 0.5) is 0 Å². The highest BCUT2D eigenvalue weighted by Crippen LogP contribution is 2.35. The van der Waals surface area contributed by atoms with Gasteiger partial charge in [-0.1, -0.05) is 32.6 Å². The molecule has 0 heterocycles. The Morgan fingerprint density at radius 1 is 1.00 bits per heavy atom. The minimum absolute atomic E-state index is 0.292. The van der Waals surface area contributed by atoms with Crippen molar-refractivity contribution >= 4 is 11.8 Å². The molecular formula is C17H29NO2S. The Balaban J connectivity index is 2.46. The molecule has 1 rings (SSSR count). The molecule has 0 bridgehead atoms. The zero-order chi connectivity index (χ0) is 15.7. The molecule has 0 atom stereocenters. The first kappa shape index (κ1) is 18.2. The van der Waals surface area contributed by atoms with Gasteiger partial charge >= 0.3 is 0 Å². The summed E-state index contributed by atoms with van der Waals surface area (Å²) < 4.78 is 0. The van der Waals surface area contributed by atoms with E-state index in [1.54, 1.807) is 23.9 Å². The molecular weight excluding hydrogens is 282 g/mol. The molecule has 0 aliphatic rings. The van der Waals surface area contributed by atoms with Crippen LogP contribution in [-0.2, 0) is 6.42 Å². The van der Waals surface area contributed by atoms with Crippen molar-refractivity contribution in [3.05, 3.63) is 17.7 Å². The third kappa shape index (κ3) is 7.09. The van der Waals surface area contributed by atoms with Gasteiger partial charge in [-0.05, 0) is 50.4 Å². The summed E-state index contributed by atoms with van der Waals surface area (Å²) in [6.45, 7) is 3.07. The van der Waals surface area contributed by atoms with E-state index >= 15 is 0 Å². The average molecular weight is 311 g/mol. The Labute approximate surface area is 133 Å². The van der Waals surface area contributed by atoms with Crippen LogP contribution >= 0.6 is 11.8 Å². The smallest absolute Gasteiger partial charge is 0.129 e. The number of unbranched alkanes of at least 4 members (excludes halogenated alkanes) is 4. The van der Waals surface area contributed by atoms with Crippen LogP contribution in [0.1, 0.15) is 44.6 Å². The number of nitrogens with zero attached hydrogens (tertiary/aromatic N) is 1. The predicted octanol–water partition coefficient (Wildman–Crippen LogP) is 4.26. The minimum Gasteiger partial charge on any atom is -0.508 e. The van der Waals surface area contributed by atoms with Crippen LogP contribution in [0.3, 0.4) is 0 Å². The molecule has 2 N–H and O–H groups in total. The van der Waals surface area contributed by atoms with E-state index in [0.717, 1.165) is 35.6 Å². The molecule has 21 heavy (non-hydrogen) atoms. The Morgan fingerprint density at radius 2 is 1.71 bits per heavy atom. The lowest BCUT2D eigenvalue weighted by molar-refractivity contribution is 0.403. The van der Waals surface area contributed by atoms with Gasteiger partial charge in [0.2, 0.25) is 0 Å². The molecule has 0 radical (unpaired) electrons. The van der Waals surface area contributed by atoms with Gasteiger partial charge in [0.25, 0.3) is 0 Å². The van der Waals surface area contributed by atoms with Crippen molar-refractivity contribution in [1.29, 1.82) is 0 Å². The number of benzene rings is 1. The molecule has 0 aliphatic heterocycles. The molecule has 3 nitrogen and oxygen atoms in total.